The van der Waals surface area contributed by atoms with Crippen molar-refractivity contribution in [3.63, 3.8) is 0 Å². The van der Waals surface area contributed by atoms with Gasteiger partial charge in [-0.25, -0.2) is 0 Å². The number of halogens is 4. The lowest BCUT2D eigenvalue weighted by atomic mass is 10.1. The molecule has 3 rings (SSSR count). The Morgan fingerprint density at radius 3 is 2.41 bits per heavy atom. The number of carbonyl (C=O) groups is 2. The highest BCUT2D eigenvalue weighted by Gasteiger charge is 2.35. The molecule has 2 aromatic carbocycles. The van der Waals surface area contributed by atoms with E-state index in [4.69, 9.17) is 9.47 Å². The molecule has 29 heavy (non-hydrogen) atoms. The van der Waals surface area contributed by atoms with E-state index in [2.05, 4.69) is 5.32 Å². The van der Waals surface area contributed by atoms with Gasteiger partial charge in [0.25, 0.3) is 11.1 Å². The van der Waals surface area contributed by atoms with Crippen molar-refractivity contribution >= 4 is 51.6 Å². The van der Waals surface area contributed by atoms with Gasteiger partial charge in [-0.1, -0.05) is 34.7 Å². The Balaban J connectivity index is 1.94. The number of amides is 2. The minimum atomic E-state index is -4.58. The molecule has 1 aliphatic rings. The third-order valence-electron chi connectivity index (χ3n) is 3.85. The average Bonchev–Trinajstić information content (AvgIpc) is 2.99. The first-order valence-electron chi connectivity index (χ1n) is 8.08. The molecule has 0 radical (unpaired) electrons. The quantitative estimate of drug-likeness (QED) is 0.300. The van der Waals surface area contributed by atoms with Crippen molar-refractivity contribution < 1.29 is 32.2 Å². The van der Waals surface area contributed by atoms with Crippen molar-refractivity contribution in [1.29, 1.82) is 0 Å². The van der Waals surface area contributed by atoms with E-state index in [1.807, 2.05) is 22.6 Å². The summed E-state index contributed by atoms with van der Waals surface area (Å²) in [7, 11) is 1.35. The Labute approximate surface area is 181 Å². The molecular formula is C19H13F3INO4S. The second kappa shape index (κ2) is 8.66. The fourth-order valence-corrected chi connectivity index (χ4v) is 3.68. The van der Waals surface area contributed by atoms with Crippen LogP contribution in [0.2, 0.25) is 0 Å². The van der Waals surface area contributed by atoms with Crippen LogP contribution in [0, 0.1) is 0 Å². The highest BCUT2D eigenvalue weighted by atomic mass is 127. The Bertz CT molecular complexity index is 1010. The van der Waals surface area contributed by atoms with E-state index in [1.54, 1.807) is 12.1 Å². The first-order chi connectivity index (χ1) is 13.7. The van der Waals surface area contributed by atoms with Crippen molar-refractivity contribution in [3.8, 4) is 17.2 Å². The molecule has 0 atom stereocenters. The summed E-state index contributed by atoms with van der Waals surface area (Å²) in [6, 6.07) is 8.39. The number of hydrogen-bond acceptors (Lipinski definition) is 5. The number of thioether (sulfide) groups is 1. The summed E-state index contributed by atoms with van der Waals surface area (Å²) in [6.45, 7) is 0. The van der Waals surface area contributed by atoms with Crippen LogP contribution < -0.4 is 14.8 Å². The molecule has 10 heteroatoms. The molecular weight excluding hydrogens is 522 g/mol. The van der Waals surface area contributed by atoms with Gasteiger partial charge in [0.15, 0.2) is 11.5 Å². The lowest BCUT2D eigenvalue weighted by Gasteiger charge is -2.16. The van der Waals surface area contributed by atoms with Gasteiger partial charge in [-0.05, 0) is 53.2 Å². The molecule has 1 N–H and O–H groups in total. The number of imide groups is 1. The lowest BCUT2D eigenvalue weighted by molar-refractivity contribution is -0.138. The van der Waals surface area contributed by atoms with Gasteiger partial charge in [-0.3, -0.25) is 14.9 Å². The smallest absolute Gasteiger partial charge is 0.419 e. The lowest BCUT2D eigenvalue weighted by Crippen LogP contribution is -2.17. The van der Waals surface area contributed by atoms with Gasteiger partial charge in [0, 0.05) is 4.43 Å². The molecule has 2 amide bonds. The fourth-order valence-electron chi connectivity index (χ4n) is 2.52. The normalized spacial score (nSPS) is 15.6. The van der Waals surface area contributed by atoms with Crippen LogP contribution in [0.15, 0.2) is 41.3 Å². The molecule has 0 spiro atoms. The third kappa shape index (κ3) is 5.04. The number of hydrogen-bond donors (Lipinski definition) is 1. The molecule has 1 aliphatic heterocycles. The van der Waals surface area contributed by atoms with Gasteiger partial charge < -0.3 is 9.47 Å². The second-order valence-electron chi connectivity index (χ2n) is 5.83. The van der Waals surface area contributed by atoms with Crippen molar-refractivity contribution in [3.05, 3.63) is 58.0 Å². The van der Waals surface area contributed by atoms with E-state index in [0.29, 0.717) is 15.6 Å². The Kier molecular flexibility index (Phi) is 6.42. The molecule has 0 aliphatic carbocycles. The molecule has 0 aromatic heterocycles. The summed E-state index contributed by atoms with van der Waals surface area (Å²) in [5, 5.41) is 1.67. The number of alkyl halides is 4. The molecule has 0 saturated carbocycles. The van der Waals surface area contributed by atoms with Gasteiger partial charge in [0.1, 0.15) is 5.75 Å². The summed E-state index contributed by atoms with van der Waals surface area (Å²) >= 11 is 2.75. The van der Waals surface area contributed by atoms with Crippen LogP contribution in [0.1, 0.15) is 16.7 Å². The van der Waals surface area contributed by atoms with Gasteiger partial charge in [0.2, 0.25) is 0 Å². The molecule has 2 aromatic rings. The van der Waals surface area contributed by atoms with Crippen LogP contribution in [-0.2, 0) is 15.4 Å². The highest BCUT2D eigenvalue weighted by Crippen LogP contribution is 2.41. The van der Waals surface area contributed by atoms with Crippen molar-refractivity contribution in [2.24, 2.45) is 0 Å². The van der Waals surface area contributed by atoms with Crippen LogP contribution >= 0.6 is 34.4 Å². The first-order valence-corrected chi connectivity index (χ1v) is 10.4. The monoisotopic (exact) mass is 535 g/mol. The zero-order chi connectivity index (χ0) is 21.2. The van der Waals surface area contributed by atoms with Crippen LogP contribution in [0.5, 0.6) is 17.2 Å². The largest absolute Gasteiger partial charge is 0.493 e. The number of benzene rings is 2. The standard InChI is InChI=1S/C19H13F3INO4S/c1-27-15-7-10(8-16-17(25)24-18(26)29-16)2-5-14(15)28-13-4-3-11(9-23)6-12(13)19(20,21)22/h2-8H,9H2,1H3,(H,24,25,26)/b16-8-. The van der Waals surface area contributed by atoms with Crippen LogP contribution in [0.25, 0.3) is 6.08 Å². The molecule has 1 fully saturated rings. The Morgan fingerprint density at radius 1 is 1.10 bits per heavy atom. The predicted molar refractivity (Wildman–Crippen MR) is 111 cm³/mol. The predicted octanol–water partition coefficient (Wildman–Crippen LogP) is 5.77. The minimum absolute atomic E-state index is 0.0852. The fraction of sp³-hybridized carbons (Fsp3) is 0.158. The van der Waals surface area contributed by atoms with E-state index in [-0.39, 0.29) is 22.2 Å². The summed E-state index contributed by atoms with van der Waals surface area (Å²) in [4.78, 5) is 23.1. The topological polar surface area (TPSA) is 64.6 Å². The van der Waals surface area contributed by atoms with E-state index in [1.165, 1.54) is 31.4 Å². The second-order valence-corrected chi connectivity index (χ2v) is 7.60. The summed E-state index contributed by atoms with van der Waals surface area (Å²) in [6.07, 6.45) is -3.10. The zero-order valence-electron chi connectivity index (χ0n) is 14.8. The summed E-state index contributed by atoms with van der Waals surface area (Å²) in [5.74, 6) is -0.585. The minimum Gasteiger partial charge on any atom is -0.493 e. The van der Waals surface area contributed by atoms with Crippen LogP contribution in [0.4, 0.5) is 18.0 Å². The van der Waals surface area contributed by atoms with E-state index < -0.39 is 22.9 Å². The van der Waals surface area contributed by atoms with Crippen LogP contribution in [0.3, 0.4) is 0 Å². The van der Waals surface area contributed by atoms with E-state index in [0.717, 1.165) is 17.8 Å². The number of ether oxygens (including phenoxy) is 2. The molecule has 0 bridgehead atoms. The van der Waals surface area contributed by atoms with Gasteiger partial charge in [-0.15, -0.1) is 0 Å². The average molecular weight is 535 g/mol. The summed E-state index contributed by atoms with van der Waals surface area (Å²) < 4.78 is 51.4. The van der Waals surface area contributed by atoms with E-state index in [9.17, 15) is 22.8 Å². The maximum atomic E-state index is 13.4. The number of rotatable bonds is 5. The first kappa shape index (κ1) is 21.5. The maximum absolute atomic E-state index is 13.4. The maximum Gasteiger partial charge on any atom is 0.419 e. The third-order valence-corrected chi connectivity index (χ3v) is 5.54. The molecule has 1 saturated heterocycles. The Hall–Kier alpha value is -2.21. The highest BCUT2D eigenvalue weighted by molar-refractivity contribution is 14.1. The van der Waals surface area contributed by atoms with Gasteiger partial charge in [0.05, 0.1) is 17.6 Å². The molecule has 152 valence electrons. The van der Waals surface area contributed by atoms with Gasteiger partial charge in [-0.2, -0.15) is 13.2 Å². The molecule has 0 unspecified atom stereocenters. The van der Waals surface area contributed by atoms with Crippen molar-refractivity contribution in [1.82, 2.24) is 5.32 Å². The van der Waals surface area contributed by atoms with Gasteiger partial charge >= 0.3 is 6.18 Å². The zero-order valence-corrected chi connectivity index (χ0v) is 17.8. The van der Waals surface area contributed by atoms with E-state index >= 15 is 0 Å². The molecule has 1 heterocycles. The Morgan fingerprint density at radius 2 is 1.83 bits per heavy atom. The molecule has 5 nitrogen and oxygen atoms in total. The van der Waals surface area contributed by atoms with Crippen LogP contribution in [-0.4, -0.2) is 18.3 Å². The number of carbonyl (C=O) groups excluding carboxylic acids is 2. The SMILES string of the molecule is COc1cc(/C=C2\SC(=O)NC2=O)ccc1Oc1ccc(CI)cc1C(F)(F)F. The number of nitrogens with one attached hydrogen (secondary N) is 1. The van der Waals surface area contributed by atoms with Crippen molar-refractivity contribution in [2.75, 3.05) is 7.11 Å². The van der Waals surface area contributed by atoms with Crippen molar-refractivity contribution in [2.45, 2.75) is 10.6 Å². The summed E-state index contributed by atoms with van der Waals surface area (Å²) in [5.41, 5.74) is 0.177. The number of methoxy groups -OCH3 is 1.